The molecule has 0 aliphatic carbocycles. The molecular weight excluding hydrogens is 469 g/mol. The zero-order valence-electron chi connectivity index (χ0n) is 15.9. The van der Waals surface area contributed by atoms with Crippen LogP contribution < -0.4 is 14.8 Å². The summed E-state index contributed by atoms with van der Waals surface area (Å²) in [6.45, 7) is 4.88. The van der Waals surface area contributed by atoms with Crippen LogP contribution >= 0.6 is 24.0 Å². The predicted molar refractivity (Wildman–Crippen MR) is 115 cm³/mol. The van der Waals surface area contributed by atoms with Crippen LogP contribution in [0.4, 0.5) is 0 Å². The molecule has 1 aliphatic rings. The smallest absolute Gasteiger partial charge is 0.193 e. The van der Waals surface area contributed by atoms with Gasteiger partial charge in [-0.3, -0.25) is 4.99 Å². The minimum Gasteiger partial charge on any atom is -0.497 e. The third-order valence-corrected chi connectivity index (χ3v) is 7.02. The molecule has 0 atom stereocenters. The number of halogens is 1. The Morgan fingerprint density at radius 2 is 2.00 bits per heavy atom. The van der Waals surface area contributed by atoms with Crippen LogP contribution in [-0.4, -0.2) is 64.1 Å². The molecule has 1 saturated heterocycles. The average molecular weight is 497 g/mol. The number of nitrogens with one attached hydrogen (secondary N) is 1. The molecule has 1 fully saturated rings. The summed E-state index contributed by atoms with van der Waals surface area (Å²) in [5.74, 6) is 2.27. The molecule has 1 aromatic rings. The number of hydrogen-bond acceptors (Lipinski definition) is 5. The molecule has 0 spiro atoms. The van der Waals surface area contributed by atoms with Gasteiger partial charge in [-0.2, -0.15) is 0 Å². The van der Waals surface area contributed by atoms with Crippen molar-refractivity contribution in [1.29, 1.82) is 0 Å². The third kappa shape index (κ3) is 4.93. The highest BCUT2D eigenvalue weighted by atomic mass is 127. The molecule has 0 radical (unpaired) electrons. The second-order valence-corrected chi connectivity index (χ2v) is 9.32. The van der Waals surface area contributed by atoms with E-state index in [9.17, 15) is 8.42 Å². The largest absolute Gasteiger partial charge is 0.497 e. The summed E-state index contributed by atoms with van der Waals surface area (Å²) in [7, 11) is 1.85. The van der Waals surface area contributed by atoms with E-state index < -0.39 is 14.6 Å². The second kappa shape index (κ2) is 9.12. The first-order valence-electron chi connectivity index (χ1n) is 8.13. The van der Waals surface area contributed by atoms with Gasteiger partial charge in [0.1, 0.15) is 11.5 Å². The third-order valence-electron chi connectivity index (χ3n) is 4.49. The first kappa shape index (κ1) is 22.8. The molecular formula is C17H28IN3O4S. The maximum absolute atomic E-state index is 12.2. The number of benzene rings is 1. The fraction of sp³-hybridized carbons (Fsp3) is 0.588. The van der Waals surface area contributed by atoms with Crippen molar-refractivity contribution in [2.45, 2.75) is 25.1 Å². The summed E-state index contributed by atoms with van der Waals surface area (Å²) in [6.07, 6.45) is 0. The van der Waals surface area contributed by atoms with E-state index in [1.54, 1.807) is 35.1 Å². The summed E-state index contributed by atoms with van der Waals surface area (Å²) in [6, 6.07) is 5.64. The summed E-state index contributed by atoms with van der Waals surface area (Å²) >= 11 is 0. The molecule has 1 aromatic carbocycles. The van der Waals surface area contributed by atoms with E-state index in [0.717, 1.165) is 17.1 Å². The molecule has 26 heavy (non-hydrogen) atoms. The van der Waals surface area contributed by atoms with E-state index in [2.05, 4.69) is 10.3 Å². The normalized spacial score (nSPS) is 18.7. The summed E-state index contributed by atoms with van der Waals surface area (Å²) in [5, 5.41) is 3.29. The van der Waals surface area contributed by atoms with E-state index in [1.807, 2.05) is 23.1 Å². The summed E-state index contributed by atoms with van der Waals surface area (Å²) < 4.78 is 34.2. The number of rotatable bonds is 4. The summed E-state index contributed by atoms with van der Waals surface area (Å²) in [5.41, 5.74) is 0.966. The maximum Gasteiger partial charge on any atom is 0.193 e. The van der Waals surface area contributed by atoms with Crippen molar-refractivity contribution in [2.24, 2.45) is 4.99 Å². The lowest BCUT2D eigenvalue weighted by Gasteiger charge is -2.39. The van der Waals surface area contributed by atoms with Crippen LogP contribution in [0.5, 0.6) is 11.5 Å². The number of sulfone groups is 1. The van der Waals surface area contributed by atoms with Gasteiger partial charge in [-0.25, -0.2) is 8.42 Å². The molecule has 0 aromatic heterocycles. The highest BCUT2D eigenvalue weighted by Gasteiger charge is 2.40. The summed E-state index contributed by atoms with van der Waals surface area (Å²) in [4.78, 5) is 6.28. The second-order valence-electron chi connectivity index (χ2n) is 6.58. The van der Waals surface area contributed by atoms with Crippen molar-refractivity contribution in [3.63, 3.8) is 0 Å². The molecule has 1 N–H and O–H groups in total. The zero-order chi connectivity index (χ0) is 18.7. The fourth-order valence-electron chi connectivity index (χ4n) is 2.83. The van der Waals surface area contributed by atoms with Crippen molar-refractivity contribution in [2.75, 3.05) is 40.1 Å². The fourth-order valence-corrected chi connectivity index (χ4v) is 4.19. The van der Waals surface area contributed by atoms with Crippen molar-refractivity contribution in [3.8, 4) is 11.5 Å². The number of aliphatic imine (C=N–C) groups is 1. The van der Waals surface area contributed by atoms with Crippen molar-refractivity contribution < 1.29 is 17.9 Å². The van der Waals surface area contributed by atoms with Crippen LogP contribution in [0.25, 0.3) is 0 Å². The first-order chi connectivity index (χ1) is 11.7. The number of ether oxygens (including phenoxy) is 2. The van der Waals surface area contributed by atoms with Crippen LogP contribution in [0.3, 0.4) is 0 Å². The van der Waals surface area contributed by atoms with Crippen LogP contribution in [-0.2, 0) is 16.4 Å². The van der Waals surface area contributed by atoms with Crippen molar-refractivity contribution >= 4 is 39.8 Å². The first-order valence-corrected chi connectivity index (χ1v) is 9.78. The quantitative estimate of drug-likeness (QED) is 0.389. The van der Waals surface area contributed by atoms with Gasteiger partial charge < -0.3 is 19.7 Å². The Balaban J connectivity index is 0.00000338. The van der Waals surface area contributed by atoms with E-state index >= 15 is 0 Å². The Bertz CT molecular complexity index is 750. The Labute approximate surface area is 173 Å². The molecule has 148 valence electrons. The molecule has 1 aliphatic heterocycles. The van der Waals surface area contributed by atoms with Crippen LogP contribution in [0.1, 0.15) is 19.4 Å². The van der Waals surface area contributed by atoms with Gasteiger partial charge >= 0.3 is 0 Å². The van der Waals surface area contributed by atoms with Gasteiger partial charge in [-0.15, -0.1) is 24.0 Å². The minimum absolute atomic E-state index is 0. The molecule has 0 amide bonds. The van der Waals surface area contributed by atoms with Gasteiger partial charge in [0.25, 0.3) is 0 Å². The molecule has 9 heteroatoms. The Kier molecular flexibility index (Phi) is 8.00. The zero-order valence-corrected chi connectivity index (χ0v) is 19.1. The molecule has 0 unspecified atom stereocenters. The SMILES string of the molecule is CN=C(NCc1ccc(OC)cc1OC)N1CCS(=O)(=O)C(C)(C)C1.I. The van der Waals surface area contributed by atoms with E-state index in [0.29, 0.717) is 25.6 Å². The average Bonchev–Trinajstić information content (AvgIpc) is 2.58. The Morgan fingerprint density at radius 1 is 1.31 bits per heavy atom. The highest BCUT2D eigenvalue weighted by molar-refractivity contribution is 14.0. The van der Waals surface area contributed by atoms with E-state index in [-0.39, 0.29) is 29.7 Å². The monoisotopic (exact) mass is 497 g/mol. The molecule has 0 saturated carbocycles. The molecule has 0 bridgehead atoms. The van der Waals surface area contributed by atoms with Gasteiger partial charge in [0.05, 0.1) is 24.7 Å². The van der Waals surface area contributed by atoms with E-state index in [1.165, 1.54) is 0 Å². The van der Waals surface area contributed by atoms with Crippen molar-refractivity contribution in [1.82, 2.24) is 10.2 Å². The minimum atomic E-state index is -3.08. The standard InChI is InChI=1S/C17H27N3O4S.HI/c1-17(2)12-20(8-9-25(17,21)22)16(18-3)19-11-13-6-7-14(23-4)10-15(13)24-5;/h6-7,10H,8-9,11-12H2,1-5H3,(H,18,19);1H. The maximum atomic E-state index is 12.2. The van der Waals surface area contributed by atoms with E-state index in [4.69, 9.17) is 9.47 Å². The lowest BCUT2D eigenvalue weighted by atomic mass is 10.2. The van der Waals surface area contributed by atoms with Gasteiger partial charge in [0.15, 0.2) is 15.8 Å². The van der Waals surface area contributed by atoms with Gasteiger partial charge in [0, 0.05) is 38.3 Å². The van der Waals surface area contributed by atoms with Gasteiger partial charge in [-0.1, -0.05) is 0 Å². The number of nitrogens with zero attached hydrogens (tertiary/aromatic N) is 2. The molecule has 2 rings (SSSR count). The molecule has 7 nitrogen and oxygen atoms in total. The van der Waals surface area contributed by atoms with Crippen molar-refractivity contribution in [3.05, 3.63) is 23.8 Å². The number of methoxy groups -OCH3 is 2. The van der Waals surface area contributed by atoms with Crippen LogP contribution in [0, 0.1) is 0 Å². The number of guanidine groups is 1. The topological polar surface area (TPSA) is 80.2 Å². The van der Waals surface area contributed by atoms with Crippen LogP contribution in [0.2, 0.25) is 0 Å². The number of hydrogen-bond donors (Lipinski definition) is 1. The highest BCUT2D eigenvalue weighted by Crippen LogP contribution is 2.25. The van der Waals surface area contributed by atoms with Gasteiger partial charge in [0.2, 0.25) is 0 Å². The Morgan fingerprint density at radius 3 is 2.54 bits per heavy atom. The van der Waals surface area contributed by atoms with Gasteiger partial charge in [-0.05, 0) is 26.0 Å². The van der Waals surface area contributed by atoms with Crippen LogP contribution in [0.15, 0.2) is 23.2 Å². The molecule has 1 heterocycles. The Hall–Kier alpha value is -1.23. The predicted octanol–water partition coefficient (Wildman–Crippen LogP) is 1.91. The lowest BCUT2D eigenvalue weighted by molar-refractivity contribution is 0.352. The lowest BCUT2D eigenvalue weighted by Crippen LogP contribution is -2.57.